The van der Waals surface area contributed by atoms with E-state index in [9.17, 15) is 23.0 Å². The third-order valence-electron chi connectivity index (χ3n) is 4.74. The molecule has 0 spiro atoms. The van der Waals surface area contributed by atoms with Crippen LogP contribution in [0, 0.1) is 12.7 Å². The van der Waals surface area contributed by atoms with E-state index in [0.717, 1.165) is 10.6 Å². The number of anilines is 1. The fourth-order valence-electron chi connectivity index (χ4n) is 2.88. The molecule has 0 aliphatic heterocycles. The van der Waals surface area contributed by atoms with Crippen molar-refractivity contribution in [3.8, 4) is 11.3 Å². The van der Waals surface area contributed by atoms with Gasteiger partial charge in [0, 0.05) is 51.8 Å². The number of aliphatic hydroxyl groups is 2. The zero-order valence-corrected chi connectivity index (χ0v) is 22.3. The first kappa shape index (κ1) is 28.4. The summed E-state index contributed by atoms with van der Waals surface area (Å²) in [5.41, 5.74) is 2.13. The average molecular weight is 634 g/mol. The van der Waals surface area contributed by atoms with Crippen LogP contribution in [0.25, 0.3) is 17.3 Å². The molecule has 0 bridgehead atoms. The fraction of sp³-hybridized carbons (Fsp3) is 0.409. The van der Waals surface area contributed by atoms with Crippen LogP contribution < -0.4 is 4.31 Å². The first-order chi connectivity index (χ1) is 14.4. The smallest absolute Gasteiger partial charge is 0.239 e. The quantitative estimate of drug-likeness (QED) is 0.411. The SMILES string of the molecule is [CH2-]C[C@H](O)C[C@H](O)/C=C/c1c(-c2ccc(F)cc2)nc(N(C)S(C)(=O)=O)nc1C(C)C.[W]. The molecule has 2 aromatic rings. The number of sulfonamides is 1. The van der Waals surface area contributed by atoms with Gasteiger partial charge in [-0.15, -0.1) is 0 Å². The zero-order chi connectivity index (χ0) is 23.3. The molecule has 0 fully saturated rings. The van der Waals surface area contributed by atoms with Gasteiger partial charge in [0.05, 0.1) is 23.7 Å². The van der Waals surface area contributed by atoms with Gasteiger partial charge in [-0.25, -0.2) is 27.1 Å². The minimum Gasteiger partial charge on any atom is -0.396 e. The van der Waals surface area contributed by atoms with Crippen molar-refractivity contribution in [3.05, 3.63) is 54.3 Å². The normalized spacial score (nSPS) is 13.8. The summed E-state index contributed by atoms with van der Waals surface area (Å²) in [7, 11) is -2.24. The summed E-state index contributed by atoms with van der Waals surface area (Å²) in [5, 5.41) is 20.0. The van der Waals surface area contributed by atoms with Crippen molar-refractivity contribution in [2.45, 2.75) is 44.8 Å². The fourth-order valence-corrected chi connectivity index (χ4v) is 3.26. The number of rotatable bonds is 9. The van der Waals surface area contributed by atoms with Crippen molar-refractivity contribution in [1.82, 2.24) is 9.97 Å². The van der Waals surface area contributed by atoms with Crippen LogP contribution in [0.4, 0.5) is 10.3 Å². The van der Waals surface area contributed by atoms with Gasteiger partial charge in [-0.1, -0.05) is 26.0 Å². The van der Waals surface area contributed by atoms with Gasteiger partial charge in [-0.2, -0.15) is 6.42 Å². The Balaban J connectivity index is 0.00000512. The molecular formula is C22H29FN3O4SW-. The number of hydrogen-bond acceptors (Lipinski definition) is 6. The Morgan fingerprint density at radius 2 is 1.78 bits per heavy atom. The van der Waals surface area contributed by atoms with Crippen molar-refractivity contribution in [1.29, 1.82) is 0 Å². The average Bonchev–Trinajstić information content (AvgIpc) is 2.70. The van der Waals surface area contributed by atoms with E-state index < -0.39 is 28.0 Å². The first-order valence-corrected chi connectivity index (χ1v) is 11.7. The van der Waals surface area contributed by atoms with E-state index in [-0.39, 0.29) is 45.8 Å². The van der Waals surface area contributed by atoms with E-state index in [1.807, 2.05) is 13.8 Å². The van der Waals surface area contributed by atoms with Gasteiger partial charge >= 0.3 is 0 Å². The number of hydrogen-bond donors (Lipinski definition) is 2. The van der Waals surface area contributed by atoms with E-state index in [1.54, 1.807) is 18.2 Å². The molecule has 0 saturated carbocycles. The molecular weight excluding hydrogens is 605 g/mol. The van der Waals surface area contributed by atoms with Crippen LogP contribution in [-0.4, -0.2) is 54.1 Å². The van der Waals surface area contributed by atoms with Crippen molar-refractivity contribution < 1.29 is 44.1 Å². The third-order valence-corrected chi connectivity index (χ3v) is 5.90. The Labute approximate surface area is 203 Å². The molecule has 2 N–H and O–H groups in total. The van der Waals surface area contributed by atoms with Crippen molar-refractivity contribution in [2.24, 2.45) is 0 Å². The van der Waals surface area contributed by atoms with E-state index >= 15 is 0 Å². The summed E-state index contributed by atoms with van der Waals surface area (Å²) >= 11 is 0. The van der Waals surface area contributed by atoms with Crippen LogP contribution in [0.15, 0.2) is 30.3 Å². The topological polar surface area (TPSA) is 104 Å². The first-order valence-electron chi connectivity index (χ1n) is 9.89. The molecule has 2 rings (SSSR count). The maximum atomic E-state index is 13.5. The van der Waals surface area contributed by atoms with Gasteiger partial charge in [-0.3, -0.25) is 0 Å². The predicted octanol–water partition coefficient (Wildman–Crippen LogP) is 3.15. The zero-order valence-electron chi connectivity index (χ0n) is 18.6. The molecule has 0 radical (unpaired) electrons. The Hall–Kier alpha value is -1.67. The van der Waals surface area contributed by atoms with E-state index in [1.165, 1.54) is 25.3 Å². The van der Waals surface area contributed by atoms with Gasteiger partial charge in [0.1, 0.15) is 5.82 Å². The van der Waals surface area contributed by atoms with E-state index in [2.05, 4.69) is 16.9 Å². The molecule has 7 nitrogen and oxygen atoms in total. The van der Waals surface area contributed by atoms with Crippen LogP contribution in [0.2, 0.25) is 0 Å². The number of aromatic nitrogens is 2. The van der Waals surface area contributed by atoms with Crippen LogP contribution >= 0.6 is 0 Å². The molecule has 1 aromatic carbocycles. The standard InChI is InChI=1S/C22H29FN3O4S.W/c1-6-17(27)13-18(28)11-12-19-20(14(2)3)24-22(26(4)31(5,29)30)25-21(19)15-7-9-16(23)10-8-15;/h7-12,14,17-18,27-28H,1,6,13H2,2-5H3;/q-1;/b12-11+;/t17-,18+;/m0./s1. The minimum absolute atomic E-state index is 0. The van der Waals surface area contributed by atoms with Gasteiger partial charge in [0.15, 0.2) is 0 Å². The monoisotopic (exact) mass is 634 g/mol. The van der Waals surface area contributed by atoms with Crippen molar-refractivity contribution >= 4 is 22.0 Å². The molecule has 1 aromatic heterocycles. The Kier molecular flexibility index (Phi) is 10.6. The summed E-state index contributed by atoms with van der Waals surface area (Å²) in [4.78, 5) is 8.92. The van der Waals surface area contributed by atoms with Crippen LogP contribution in [0.5, 0.6) is 0 Å². The van der Waals surface area contributed by atoms with Gasteiger partial charge < -0.3 is 17.1 Å². The molecule has 0 unspecified atom stereocenters. The minimum atomic E-state index is -3.60. The molecule has 0 amide bonds. The molecule has 0 aliphatic carbocycles. The summed E-state index contributed by atoms with van der Waals surface area (Å²) in [6.07, 6.45) is 2.98. The molecule has 10 heteroatoms. The Bertz CT molecular complexity index is 1030. The maximum Gasteiger partial charge on any atom is 0.239 e. The molecule has 0 saturated heterocycles. The second-order valence-electron chi connectivity index (χ2n) is 7.67. The second kappa shape index (κ2) is 12.0. The molecule has 176 valence electrons. The number of halogens is 1. The predicted molar refractivity (Wildman–Crippen MR) is 120 cm³/mol. The molecule has 2 atom stereocenters. The summed E-state index contributed by atoms with van der Waals surface area (Å²) in [6.45, 7) is 7.42. The number of benzene rings is 1. The van der Waals surface area contributed by atoms with Gasteiger partial charge in [0.2, 0.25) is 16.0 Å². The van der Waals surface area contributed by atoms with E-state index in [4.69, 9.17) is 0 Å². The van der Waals surface area contributed by atoms with Crippen LogP contribution in [-0.2, 0) is 31.1 Å². The third kappa shape index (κ3) is 7.44. The van der Waals surface area contributed by atoms with Gasteiger partial charge in [0.25, 0.3) is 0 Å². The Morgan fingerprint density at radius 3 is 2.28 bits per heavy atom. The Morgan fingerprint density at radius 1 is 1.19 bits per heavy atom. The van der Waals surface area contributed by atoms with Gasteiger partial charge in [-0.05, 0) is 30.2 Å². The van der Waals surface area contributed by atoms with E-state index in [0.29, 0.717) is 22.5 Å². The largest absolute Gasteiger partial charge is 0.396 e. The van der Waals surface area contributed by atoms with Crippen molar-refractivity contribution in [3.63, 3.8) is 0 Å². The van der Waals surface area contributed by atoms with Crippen LogP contribution in [0.3, 0.4) is 0 Å². The summed E-state index contributed by atoms with van der Waals surface area (Å²) in [5.74, 6) is -0.517. The number of aliphatic hydroxyl groups excluding tert-OH is 2. The summed E-state index contributed by atoms with van der Waals surface area (Å²) < 4.78 is 38.6. The summed E-state index contributed by atoms with van der Waals surface area (Å²) in [6, 6.07) is 5.68. The number of nitrogens with zero attached hydrogens (tertiary/aromatic N) is 3. The molecule has 32 heavy (non-hydrogen) atoms. The molecule has 0 aliphatic rings. The molecule has 1 heterocycles. The van der Waals surface area contributed by atoms with Crippen molar-refractivity contribution in [2.75, 3.05) is 17.6 Å². The van der Waals surface area contributed by atoms with Crippen LogP contribution in [0.1, 0.15) is 43.9 Å². The maximum absolute atomic E-state index is 13.5. The second-order valence-corrected chi connectivity index (χ2v) is 9.68.